The standard InChI is InChI=1S/C25H30N4O/c30-25(24-11-9-23(10-12-24)18-28-14-3-1-2-4-15-28)27-17-21-5-7-22(8-6-21)19-29-16-13-26-20-29/h5-13,16,20H,1-4,14-15,17-19H2,(H,27,30). The van der Waals surface area contributed by atoms with Crippen LogP contribution in [0.5, 0.6) is 0 Å². The molecule has 0 bridgehead atoms. The SMILES string of the molecule is O=C(NCc1ccc(Cn2ccnc2)cc1)c1ccc(CN2CCCCCC2)cc1. The van der Waals surface area contributed by atoms with Crippen LogP contribution in [0.4, 0.5) is 0 Å². The third kappa shape index (κ3) is 5.80. The Bertz CT molecular complexity index is 909. The summed E-state index contributed by atoms with van der Waals surface area (Å²) >= 11 is 0. The molecule has 5 heteroatoms. The van der Waals surface area contributed by atoms with Gasteiger partial charge in [0.25, 0.3) is 5.91 Å². The number of nitrogens with zero attached hydrogens (tertiary/aromatic N) is 3. The molecule has 0 unspecified atom stereocenters. The molecule has 5 nitrogen and oxygen atoms in total. The van der Waals surface area contributed by atoms with Gasteiger partial charge in [0.05, 0.1) is 6.33 Å². The third-order valence-electron chi connectivity index (χ3n) is 5.72. The molecule has 1 aliphatic heterocycles. The minimum absolute atomic E-state index is 0.0289. The second-order valence-corrected chi connectivity index (χ2v) is 8.12. The van der Waals surface area contributed by atoms with Crippen molar-refractivity contribution in [2.24, 2.45) is 0 Å². The summed E-state index contributed by atoms with van der Waals surface area (Å²) in [7, 11) is 0. The van der Waals surface area contributed by atoms with Crippen molar-refractivity contribution in [1.82, 2.24) is 19.8 Å². The maximum absolute atomic E-state index is 12.5. The summed E-state index contributed by atoms with van der Waals surface area (Å²) in [5.74, 6) is -0.0289. The zero-order valence-corrected chi connectivity index (χ0v) is 17.5. The molecule has 1 amide bonds. The minimum atomic E-state index is -0.0289. The summed E-state index contributed by atoms with van der Waals surface area (Å²) < 4.78 is 2.04. The van der Waals surface area contributed by atoms with Crippen LogP contribution in [-0.4, -0.2) is 33.4 Å². The Hall–Kier alpha value is -2.92. The first-order valence-electron chi connectivity index (χ1n) is 10.9. The van der Waals surface area contributed by atoms with Gasteiger partial charge < -0.3 is 9.88 Å². The van der Waals surface area contributed by atoms with Gasteiger partial charge in [-0.3, -0.25) is 9.69 Å². The minimum Gasteiger partial charge on any atom is -0.348 e. The molecule has 0 atom stereocenters. The summed E-state index contributed by atoms with van der Waals surface area (Å²) in [5.41, 5.74) is 4.30. The lowest BCUT2D eigenvalue weighted by atomic mass is 10.1. The van der Waals surface area contributed by atoms with Crippen LogP contribution in [0.25, 0.3) is 0 Å². The number of imidazole rings is 1. The first-order valence-corrected chi connectivity index (χ1v) is 10.9. The molecule has 0 aliphatic carbocycles. The maximum Gasteiger partial charge on any atom is 0.251 e. The van der Waals surface area contributed by atoms with Gasteiger partial charge in [-0.2, -0.15) is 0 Å². The highest BCUT2D eigenvalue weighted by molar-refractivity contribution is 5.94. The van der Waals surface area contributed by atoms with E-state index in [0.29, 0.717) is 12.1 Å². The van der Waals surface area contributed by atoms with E-state index in [0.717, 1.165) is 18.7 Å². The van der Waals surface area contributed by atoms with Crippen molar-refractivity contribution in [3.63, 3.8) is 0 Å². The topological polar surface area (TPSA) is 50.2 Å². The van der Waals surface area contributed by atoms with E-state index in [1.54, 1.807) is 6.20 Å². The molecule has 0 spiro atoms. The summed E-state index contributed by atoms with van der Waals surface area (Å²) in [5, 5.41) is 3.02. The van der Waals surface area contributed by atoms with E-state index in [9.17, 15) is 4.79 Å². The van der Waals surface area contributed by atoms with Crippen LogP contribution >= 0.6 is 0 Å². The first-order chi connectivity index (χ1) is 14.8. The Labute approximate surface area is 178 Å². The quantitative estimate of drug-likeness (QED) is 0.643. The van der Waals surface area contributed by atoms with Gasteiger partial charge >= 0.3 is 0 Å². The monoisotopic (exact) mass is 402 g/mol. The number of rotatable bonds is 7. The molecule has 1 fully saturated rings. The number of carbonyl (C=O) groups is 1. The van der Waals surface area contributed by atoms with Crippen LogP contribution < -0.4 is 5.32 Å². The molecule has 1 aliphatic rings. The zero-order chi connectivity index (χ0) is 20.6. The van der Waals surface area contributed by atoms with Gasteiger partial charge in [0.2, 0.25) is 0 Å². The highest BCUT2D eigenvalue weighted by atomic mass is 16.1. The molecule has 2 heterocycles. The van der Waals surface area contributed by atoms with Crippen LogP contribution in [-0.2, 0) is 19.6 Å². The zero-order valence-electron chi connectivity index (χ0n) is 17.5. The highest BCUT2D eigenvalue weighted by Crippen LogP contribution is 2.14. The fourth-order valence-corrected chi connectivity index (χ4v) is 3.95. The van der Waals surface area contributed by atoms with Crippen molar-refractivity contribution < 1.29 is 4.79 Å². The Morgan fingerprint density at radius 1 is 0.833 bits per heavy atom. The predicted octanol–water partition coefficient (Wildman–Crippen LogP) is 4.24. The highest BCUT2D eigenvalue weighted by Gasteiger charge is 2.10. The number of likely N-dealkylation sites (tertiary alicyclic amines) is 1. The van der Waals surface area contributed by atoms with E-state index in [2.05, 4.69) is 51.6 Å². The van der Waals surface area contributed by atoms with Crippen molar-refractivity contribution >= 4 is 5.91 Å². The third-order valence-corrected chi connectivity index (χ3v) is 5.72. The molecule has 4 rings (SSSR count). The molecule has 1 saturated heterocycles. The molecule has 1 aromatic heterocycles. The van der Waals surface area contributed by atoms with E-state index in [1.165, 1.54) is 49.9 Å². The van der Waals surface area contributed by atoms with E-state index in [4.69, 9.17) is 0 Å². The van der Waals surface area contributed by atoms with Gasteiger partial charge in [0.1, 0.15) is 0 Å². The average molecular weight is 403 g/mol. The molecule has 156 valence electrons. The number of amides is 1. The van der Waals surface area contributed by atoms with Gasteiger partial charge in [0.15, 0.2) is 0 Å². The van der Waals surface area contributed by atoms with Gasteiger partial charge in [0, 0.05) is 37.6 Å². The van der Waals surface area contributed by atoms with Crippen molar-refractivity contribution in [2.45, 2.75) is 45.3 Å². The molecule has 2 aromatic carbocycles. The number of carbonyl (C=O) groups excluding carboxylic acids is 1. The maximum atomic E-state index is 12.5. The van der Waals surface area contributed by atoms with Crippen molar-refractivity contribution in [2.75, 3.05) is 13.1 Å². The number of benzene rings is 2. The van der Waals surface area contributed by atoms with Gasteiger partial charge in [-0.15, -0.1) is 0 Å². The van der Waals surface area contributed by atoms with Gasteiger partial charge in [-0.25, -0.2) is 4.98 Å². The molecular weight excluding hydrogens is 372 g/mol. The summed E-state index contributed by atoms with van der Waals surface area (Å²) in [6, 6.07) is 16.4. The average Bonchev–Trinajstić information content (AvgIpc) is 3.15. The van der Waals surface area contributed by atoms with Gasteiger partial charge in [-0.1, -0.05) is 49.2 Å². The van der Waals surface area contributed by atoms with Gasteiger partial charge in [-0.05, 0) is 54.8 Å². The summed E-state index contributed by atoms with van der Waals surface area (Å²) in [6.07, 6.45) is 10.8. The Kier molecular flexibility index (Phi) is 6.93. The Morgan fingerprint density at radius 2 is 1.47 bits per heavy atom. The normalized spacial score (nSPS) is 14.9. The molecule has 30 heavy (non-hydrogen) atoms. The van der Waals surface area contributed by atoms with E-state index >= 15 is 0 Å². The fourth-order valence-electron chi connectivity index (χ4n) is 3.95. The number of aromatic nitrogens is 2. The van der Waals surface area contributed by atoms with Crippen molar-refractivity contribution in [3.8, 4) is 0 Å². The molecule has 1 N–H and O–H groups in total. The second-order valence-electron chi connectivity index (χ2n) is 8.12. The summed E-state index contributed by atoms with van der Waals surface area (Å²) in [4.78, 5) is 19.1. The number of nitrogens with one attached hydrogen (secondary N) is 1. The first kappa shape index (κ1) is 20.4. The fraction of sp³-hybridized carbons (Fsp3) is 0.360. The van der Waals surface area contributed by atoms with Crippen LogP contribution in [0.3, 0.4) is 0 Å². The van der Waals surface area contributed by atoms with Crippen LogP contribution in [0.1, 0.15) is 52.7 Å². The van der Waals surface area contributed by atoms with Crippen LogP contribution in [0, 0.1) is 0 Å². The number of hydrogen-bond acceptors (Lipinski definition) is 3. The number of hydrogen-bond donors (Lipinski definition) is 1. The summed E-state index contributed by atoms with van der Waals surface area (Å²) in [6.45, 7) is 4.68. The Morgan fingerprint density at radius 3 is 2.13 bits per heavy atom. The lowest BCUT2D eigenvalue weighted by Crippen LogP contribution is -2.24. The predicted molar refractivity (Wildman–Crippen MR) is 119 cm³/mol. The Balaban J connectivity index is 1.26. The molecular formula is C25H30N4O. The lowest BCUT2D eigenvalue weighted by molar-refractivity contribution is 0.0951. The van der Waals surface area contributed by atoms with Crippen molar-refractivity contribution in [3.05, 3.63) is 89.5 Å². The molecule has 0 saturated carbocycles. The van der Waals surface area contributed by atoms with Crippen LogP contribution in [0.15, 0.2) is 67.3 Å². The van der Waals surface area contributed by atoms with E-state index in [1.807, 2.05) is 29.2 Å². The van der Waals surface area contributed by atoms with E-state index < -0.39 is 0 Å². The lowest BCUT2D eigenvalue weighted by Gasteiger charge is -2.19. The molecule has 3 aromatic rings. The van der Waals surface area contributed by atoms with E-state index in [-0.39, 0.29) is 5.91 Å². The largest absolute Gasteiger partial charge is 0.348 e. The van der Waals surface area contributed by atoms with Crippen molar-refractivity contribution in [1.29, 1.82) is 0 Å². The van der Waals surface area contributed by atoms with Crippen LogP contribution in [0.2, 0.25) is 0 Å². The second kappa shape index (κ2) is 10.2. The smallest absolute Gasteiger partial charge is 0.251 e. The molecule has 0 radical (unpaired) electrons.